The van der Waals surface area contributed by atoms with E-state index in [4.69, 9.17) is 34.8 Å². The van der Waals surface area contributed by atoms with Gasteiger partial charge in [-0.15, -0.1) is 0 Å². The zero-order valence-electron chi connectivity index (χ0n) is 14.1. The molecule has 2 amide bonds. The van der Waals surface area contributed by atoms with Crippen LogP contribution < -0.4 is 10.6 Å². The Bertz CT molecular complexity index is 1070. The smallest absolute Gasteiger partial charge is 0.257 e. The van der Waals surface area contributed by atoms with Crippen molar-refractivity contribution in [2.45, 2.75) is 0 Å². The summed E-state index contributed by atoms with van der Waals surface area (Å²) in [4.78, 5) is 24.8. The molecule has 0 saturated heterocycles. The molecule has 0 fully saturated rings. The lowest BCUT2D eigenvalue weighted by Gasteiger charge is -2.10. The first-order chi connectivity index (χ1) is 13.3. The van der Waals surface area contributed by atoms with Gasteiger partial charge in [0.15, 0.2) is 0 Å². The Morgan fingerprint density at radius 3 is 2.18 bits per heavy atom. The summed E-state index contributed by atoms with van der Waals surface area (Å²) in [5, 5.41) is 5.83. The van der Waals surface area contributed by atoms with Crippen LogP contribution in [0.25, 0.3) is 0 Å². The Hall–Kier alpha value is -2.60. The van der Waals surface area contributed by atoms with Crippen LogP contribution in [-0.4, -0.2) is 11.8 Å². The van der Waals surface area contributed by atoms with Crippen LogP contribution in [0.3, 0.4) is 0 Å². The van der Waals surface area contributed by atoms with Crippen LogP contribution >= 0.6 is 34.8 Å². The molecule has 0 aromatic heterocycles. The van der Waals surface area contributed by atoms with Crippen molar-refractivity contribution in [1.82, 2.24) is 0 Å². The van der Waals surface area contributed by atoms with E-state index in [-0.39, 0.29) is 15.6 Å². The Morgan fingerprint density at radius 1 is 0.750 bits per heavy atom. The molecule has 28 heavy (non-hydrogen) atoms. The van der Waals surface area contributed by atoms with Crippen molar-refractivity contribution < 1.29 is 14.0 Å². The zero-order chi connectivity index (χ0) is 20.3. The molecular formula is C20H12Cl3FN2O2. The third kappa shape index (κ3) is 4.81. The molecule has 0 heterocycles. The van der Waals surface area contributed by atoms with Crippen molar-refractivity contribution >= 4 is 58.0 Å². The van der Waals surface area contributed by atoms with Crippen molar-refractivity contribution in [3.05, 3.63) is 92.7 Å². The van der Waals surface area contributed by atoms with E-state index in [0.717, 1.165) is 6.07 Å². The molecule has 0 spiro atoms. The molecule has 0 aliphatic heterocycles. The number of anilines is 2. The SMILES string of the molecule is O=C(Nc1ccc(F)c(Cl)c1)c1cccc(NC(=O)c2ccc(Cl)cc2Cl)c1. The number of rotatable bonds is 4. The lowest BCUT2D eigenvalue weighted by molar-refractivity contribution is 0.101. The van der Waals surface area contributed by atoms with Crippen LogP contribution in [0.5, 0.6) is 0 Å². The van der Waals surface area contributed by atoms with Crippen molar-refractivity contribution in [2.75, 3.05) is 10.6 Å². The minimum absolute atomic E-state index is 0.0985. The molecule has 0 bridgehead atoms. The van der Waals surface area contributed by atoms with Crippen LogP contribution in [-0.2, 0) is 0 Å². The van der Waals surface area contributed by atoms with Gasteiger partial charge < -0.3 is 10.6 Å². The van der Waals surface area contributed by atoms with Crippen LogP contribution in [0.15, 0.2) is 60.7 Å². The number of carbonyl (C=O) groups excluding carboxylic acids is 2. The van der Waals surface area contributed by atoms with Gasteiger partial charge in [0.2, 0.25) is 0 Å². The first-order valence-electron chi connectivity index (χ1n) is 7.96. The second-order valence-electron chi connectivity index (χ2n) is 5.74. The predicted molar refractivity (Wildman–Crippen MR) is 110 cm³/mol. The van der Waals surface area contributed by atoms with E-state index in [1.807, 2.05) is 0 Å². The van der Waals surface area contributed by atoms with Gasteiger partial charge in [-0.05, 0) is 54.6 Å². The maximum absolute atomic E-state index is 13.2. The van der Waals surface area contributed by atoms with Gasteiger partial charge >= 0.3 is 0 Å². The number of hydrogen-bond acceptors (Lipinski definition) is 2. The maximum atomic E-state index is 13.2. The molecule has 8 heteroatoms. The minimum atomic E-state index is -0.578. The molecule has 3 rings (SSSR count). The van der Waals surface area contributed by atoms with E-state index < -0.39 is 17.6 Å². The first-order valence-corrected chi connectivity index (χ1v) is 9.10. The molecule has 0 aliphatic rings. The first kappa shape index (κ1) is 20.1. The highest BCUT2D eigenvalue weighted by Crippen LogP contribution is 2.23. The summed E-state index contributed by atoms with van der Waals surface area (Å²) in [6.07, 6.45) is 0. The summed E-state index contributed by atoms with van der Waals surface area (Å²) in [7, 11) is 0. The van der Waals surface area contributed by atoms with E-state index in [1.165, 1.54) is 30.3 Å². The van der Waals surface area contributed by atoms with E-state index >= 15 is 0 Å². The quantitative estimate of drug-likeness (QED) is 0.504. The van der Waals surface area contributed by atoms with Gasteiger partial charge in [-0.1, -0.05) is 40.9 Å². The average molecular weight is 438 g/mol. The average Bonchev–Trinajstić information content (AvgIpc) is 2.65. The largest absolute Gasteiger partial charge is 0.322 e. The fourth-order valence-electron chi connectivity index (χ4n) is 2.39. The molecule has 3 aromatic rings. The normalized spacial score (nSPS) is 10.4. The molecule has 0 saturated carbocycles. The lowest BCUT2D eigenvalue weighted by Crippen LogP contribution is -2.15. The van der Waals surface area contributed by atoms with Gasteiger partial charge in [-0.3, -0.25) is 9.59 Å². The summed E-state index contributed by atoms with van der Waals surface area (Å²) < 4.78 is 13.2. The highest BCUT2D eigenvalue weighted by Gasteiger charge is 2.13. The summed E-state index contributed by atoms with van der Waals surface area (Å²) >= 11 is 17.6. The third-order valence-corrected chi connectivity index (χ3v) is 4.57. The maximum Gasteiger partial charge on any atom is 0.257 e. The standard InChI is InChI=1S/C20H12Cl3FN2O2/c21-12-4-6-15(16(22)9-12)20(28)26-13-3-1-2-11(8-13)19(27)25-14-5-7-18(24)17(23)10-14/h1-10H,(H,25,27)(H,26,28). The van der Waals surface area contributed by atoms with Crippen molar-refractivity contribution in [3.8, 4) is 0 Å². The number of carbonyl (C=O) groups is 2. The number of nitrogens with one attached hydrogen (secondary N) is 2. The second kappa shape index (κ2) is 8.61. The molecule has 0 unspecified atom stereocenters. The molecule has 4 nitrogen and oxygen atoms in total. The Kier molecular flexibility index (Phi) is 6.19. The van der Waals surface area contributed by atoms with Gasteiger partial charge in [-0.2, -0.15) is 0 Å². The van der Waals surface area contributed by atoms with Gasteiger partial charge in [0.25, 0.3) is 11.8 Å². The summed E-state index contributed by atoms with van der Waals surface area (Å²) in [6.45, 7) is 0. The van der Waals surface area contributed by atoms with Crippen LogP contribution in [0.4, 0.5) is 15.8 Å². The predicted octanol–water partition coefficient (Wildman–Crippen LogP) is 6.29. The van der Waals surface area contributed by atoms with Crippen LogP contribution in [0.2, 0.25) is 15.1 Å². The number of amides is 2. The Balaban J connectivity index is 1.75. The molecule has 0 atom stereocenters. The second-order valence-corrected chi connectivity index (χ2v) is 6.99. The van der Waals surface area contributed by atoms with Crippen LogP contribution in [0.1, 0.15) is 20.7 Å². The number of halogens is 4. The van der Waals surface area contributed by atoms with Crippen molar-refractivity contribution in [1.29, 1.82) is 0 Å². The van der Waals surface area contributed by atoms with Crippen LogP contribution in [0, 0.1) is 5.82 Å². The Labute approximate surface area is 175 Å². The highest BCUT2D eigenvalue weighted by molar-refractivity contribution is 6.37. The van der Waals surface area contributed by atoms with Crippen molar-refractivity contribution in [2.24, 2.45) is 0 Å². The minimum Gasteiger partial charge on any atom is -0.322 e. The fraction of sp³-hybridized carbons (Fsp3) is 0. The summed E-state index contributed by atoms with van der Waals surface area (Å²) in [6, 6.07) is 14.7. The molecule has 0 radical (unpaired) electrons. The zero-order valence-corrected chi connectivity index (χ0v) is 16.4. The number of hydrogen-bond donors (Lipinski definition) is 2. The van der Waals surface area contributed by atoms with Gasteiger partial charge in [0, 0.05) is 22.0 Å². The number of benzene rings is 3. The molecule has 3 aromatic carbocycles. The fourth-order valence-corrected chi connectivity index (χ4v) is 3.06. The topological polar surface area (TPSA) is 58.2 Å². The highest BCUT2D eigenvalue weighted by atomic mass is 35.5. The molecule has 142 valence electrons. The third-order valence-electron chi connectivity index (χ3n) is 3.74. The van der Waals surface area contributed by atoms with E-state index in [2.05, 4.69) is 10.6 Å². The molecule has 0 aliphatic carbocycles. The van der Waals surface area contributed by atoms with E-state index in [9.17, 15) is 14.0 Å². The van der Waals surface area contributed by atoms with Gasteiger partial charge in [-0.25, -0.2) is 4.39 Å². The lowest BCUT2D eigenvalue weighted by atomic mass is 10.1. The van der Waals surface area contributed by atoms with E-state index in [1.54, 1.807) is 24.3 Å². The summed E-state index contributed by atoms with van der Waals surface area (Å²) in [5.41, 5.74) is 1.29. The van der Waals surface area contributed by atoms with Gasteiger partial charge in [0.05, 0.1) is 15.6 Å². The van der Waals surface area contributed by atoms with Gasteiger partial charge in [0.1, 0.15) is 5.82 Å². The monoisotopic (exact) mass is 436 g/mol. The summed E-state index contributed by atoms with van der Waals surface area (Å²) in [5.74, 6) is -1.46. The van der Waals surface area contributed by atoms with E-state index in [0.29, 0.717) is 22.0 Å². The Morgan fingerprint density at radius 2 is 1.46 bits per heavy atom. The molecular weight excluding hydrogens is 426 g/mol. The van der Waals surface area contributed by atoms with Crippen molar-refractivity contribution in [3.63, 3.8) is 0 Å². The molecule has 2 N–H and O–H groups in total.